The standard InChI is InChI=1S/C12H18N2O5/c15-6-10(17)2-1-8-4-14-9(5-13-8)3-11(18)12(19)7-16/h1-2,4-5,10-12,15-19H,3,6-7H2. The first-order chi connectivity index (χ1) is 9.06. The molecule has 0 fully saturated rings. The third kappa shape index (κ3) is 5.41. The first-order valence-electron chi connectivity index (χ1n) is 5.81. The highest BCUT2D eigenvalue weighted by Crippen LogP contribution is 2.04. The predicted octanol–water partition coefficient (Wildman–Crippen LogP) is -1.90. The molecule has 0 aliphatic heterocycles. The zero-order valence-corrected chi connectivity index (χ0v) is 10.3. The van der Waals surface area contributed by atoms with Crippen LogP contribution < -0.4 is 0 Å². The van der Waals surface area contributed by atoms with Crippen LogP contribution >= 0.6 is 0 Å². The van der Waals surface area contributed by atoms with Crippen LogP contribution in [0.15, 0.2) is 18.5 Å². The highest BCUT2D eigenvalue weighted by Gasteiger charge is 2.16. The lowest BCUT2D eigenvalue weighted by atomic mass is 10.1. The number of rotatable bonds is 7. The Morgan fingerprint density at radius 1 is 1.00 bits per heavy atom. The fourth-order valence-corrected chi connectivity index (χ4v) is 1.30. The summed E-state index contributed by atoms with van der Waals surface area (Å²) < 4.78 is 0. The van der Waals surface area contributed by atoms with Crippen LogP contribution in [-0.2, 0) is 6.42 Å². The second-order valence-electron chi connectivity index (χ2n) is 4.06. The van der Waals surface area contributed by atoms with Crippen LogP contribution in [0.3, 0.4) is 0 Å². The fraction of sp³-hybridized carbons (Fsp3) is 0.500. The maximum Gasteiger partial charge on any atom is 0.103 e. The zero-order valence-electron chi connectivity index (χ0n) is 10.3. The maximum atomic E-state index is 9.50. The Labute approximate surface area is 110 Å². The average Bonchev–Trinajstić information content (AvgIpc) is 2.45. The molecule has 1 aromatic rings. The summed E-state index contributed by atoms with van der Waals surface area (Å²) in [4.78, 5) is 8.05. The quantitative estimate of drug-likeness (QED) is 0.391. The largest absolute Gasteiger partial charge is 0.394 e. The van der Waals surface area contributed by atoms with Gasteiger partial charge in [0.1, 0.15) is 6.10 Å². The van der Waals surface area contributed by atoms with Crippen LogP contribution in [0.1, 0.15) is 11.4 Å². The fourth-order valence-electron chi connectivity index (χ4n) is 1.30. The number of aliphatic hydroxyl groups is 5. The van der Waals surface area contributed by atoms with E-state index in [9.17, 15) is 10.2 Å². The van der Waals surface area contributed by atoms with Crippen LogP contribution in [0.5, 0.6) is 0 Å². The van der Waals surface area contributed by atoms with Gasteiger partial charge in [-0.15, -0.1) is 0 Å². The lowest BCUT2D eigenvalue weighted by molar-refractivity contribution is -0.0137. The predicted molar refractivity (Wildman–Crippen MR) is 67.0 cm³/mol. The number of hydrogen-bond donors (Lipinski definition) is 5. The van der Waals surface area contributed by atoms with Crippen molar-refractivity contribution >= 4 is 6.08 Å². The van der Waals surface area contributed by atoms with Crippen molar-refractivity contribution in [3.8, 4) is 0 Å². The molecule has 0 spiro atoms. The lowest BCUT2D eigenvalue weighted by Gasteiger charge is -2.14. The summed E-state index contributed by atoms with van der Waals surface area (Å²) in [5.41, 5.74) is 0.966. The van der Waals surface area contributed by atoms with Crippen LogP contribution in [0.4, 0.5) is 0 Å². The monoisotopic (exact) mass is 270 g/mol. The van der Waals surface area contributed by atoms with Crippen molar-refractivity contribution in [2.75, 3.05) is 13.2 Å². The van der Waals surface area contributed by atoms with Crippen molar-refractivity contribution in [3.05, 3.63) is 29.9 Å². The average molecular weight is 270 g/mol. The zero-order chi connectivity index (χ0) is 14.3. The van der Waals surface area contributed by atoms with E-state index in [-0.39, 0.29) is 13.0 Å². The molecule has 7 heteroatoms. The molecule has 5 N–H and O–H groups in total. The first kappa shape index (κ1) is 15.7. The van der Waals surface area contributed by atoms with E-state index in [4.69, 9.17) is 15.3 Å². The summed E-state index contributed by atoms with van der Waals surface area (Å²) >= 11 is 0. The molecule has 0 aliphatic rings. The SMILES string of the molecule is OCC(O)C=Cc1cnc(CC(O)C(O)CO)cn1. The Balaban J connectivity index is 2.59. The van der Waals surface area contributed by atoms with E-state index in [0.29, 0.717) is 11.4 Å². The van der Waals surface area contributed by atoms with Crippen LogP contribution in [0.2, 0.25) is 0 Å². The van der Waals surface area contributed by atoms with Crippen molar-refractivity contribution < 1.29 is 25.5 Å². The minimum Gasteiger partial charge on any atom is -0.394 e. The molecule has 19 heavy (non-hydrogen) atoms. The molecule has 3 unspecified atom stereocenters. The van der Waals surface area contributed by atoms with E-state index in [1.54, 1.807) is 0 Å². The summed E-state index contributed by atoms with van der Waals surface area (Å²) in [5, 5.41) is 45.1. The molecule has 1 rings (SSSR count). The van der Waals surface area contributed by atoms with Gasteiger partial charge in [0.2, 0.25) is 0 Å². The van der Waals surface area contributed by atoms with Gasteiger partial charge in [-0.2, -0.15) is 0 Å². The molecule has 0 saturated carbocycles. The normalized spacial score (nSPS) is 16.5. The Morgan fingerprint density at radius 3 is 2.26 bits per heavy atom. The van der Waals surface area contributed by atoms with Gasteiger partial charge in [0, 0.05) is 12.6 Å². The van der Waals surface area contributed by atoms with E-state index in [2.05, 4.69) is 9.97 Å². The van der Waals surface area contributed by atoms with E-state index in [0.717, 1.165) is 0 Å². The summed E-state index contributed by atoms with van der Waals surface area (Å²) in [5.74, 6) is 0. The van der Waals surface area contributed by atoms with Crippen molar-refractivity contribution in [1.29, 1.82) is 0 Å². The Morgan fingerprint density at radius 2 is 1.74 bits per heavy atom. The summed E-state index contributed by atoms with van der Waals surface area (Å²) in [7, 11) is 0. The van der Waals surface area contributed by atoms with E-state index in [1.807, 2.05) is 0 Å². The van der Waals surface area contributed by atoms with Gasteiger partial charge in [-0.3, -0.25) is 9.97 Å². The molecular formula is C12H18N2O5. The van der Waals surface area contributed by atoms with Crippen LogP contribution in [0.25, 0.3) is 6.08 Å². The molecule has 0 saturated heterocycles. The first-order valence-corrected chi connectivity index (χ1v) is 5.81. The van der Waals surface area contributed by atoms with Crippen molar-refractivity contribution in [2.45, 2.75) is 24.7 Å². The van der Waals surface area contributed by atoms with Crippen molar-refractivity contribution in [2.24, 2.45) is 0 Å². The van der Waals surface area contributed by atoms with Gasteiger partial charge in [-0.05, 0) is 6.08 Å². The minimum absolute atomic E-state index is 0.0813. The van der Waals surface area contributed by atoms with E-state index < -0.39 is 24.9 Å². The summed E-state index contributed by atoms with van der Waals surface area (Å²) in [6, 6.07) is 0. The Hall–Kier alpha value is -1.38. The number of aliphatic hydroxyl groups excluding tert-OH is 5. The van der Waals surface area contributed by atoms with Crippen molar-refractivity contribution in [3.63, 3.8) is 0 Å². The molecule has 106 valence electrons. The minimum atomic E-state index is -1.21. The van der Waals surface area contributed by atoms with E-state index in [1.165, 1.54) is 24.5 Å². The maximum absolute atomic E-state index is 9.50. The molecule has 0 aliphatic carbocycles. The summed E-state index contributed by atoms with van der Waals surface area (Å²) in [6.07, 6.45) is 2.59. The van der Waals surface area contributed by atoms with Gasteiger partial charge in [-0.25, -0.2) is 0 Å². The molecular weight excluding hydrogens is 252 g/mol. The Bertz CT molecular complexity index is 396. The van der Waals surface area contributed by atoms with Gasteiger partial charge >= 0.3 is 0 Å². The van der Waals surface area contributed by atoms with E-state index >= 15 is 0 Å². The molecule has 0 aromatic carbocycles. The second-order valence-corrected chi connectivity index (χ2v) is 4.06. The molecule has 0 bridgehead atoms. The molecule has 3 atom stereocenters. The van der Waals surface area contributed by atoms with Crippen LogP contribution in [-0.4, -0.2) is 67.0 Å². The third-order valence-electron chi connectivity index (χ3n) is 2.45. The van der Waals surface area contributed by atoms with Gasteiger partial charge in [0.15, 0.2) is 0 Å². The lowest BCUT2D eigenvalue weighted by Crippen LogP contribution is -2.31. The van der Waals surface area contributed by atoms with Gasteiger partial charge in [0.05, 0.1) is 43.0 Å². The van der Waals surface area contributed by atoms with Crippen molar-refractivity contribution in [1.82, 2.24) is 9.97 Å². The Kier molecular flexibility index (Phi) is 6.54. The molecule has 0 amide bonds. The number of hydrogen-bond acceptors (Lipinski definition) is 7. The topological polar surface area (TPSA) is 127 Å². The number of aromatic nitrogens is 2. The highest BCUT2D eigenvalue weighted by molar-refractivity contribution is 5.43. The highest BCUT2D eigenvalue weighted by atomic mass is 16.4. The molecule has 7 nitrogen and oxygen atoms in total. The van der Waals surface area contributed by atoms with Crippen LogP contribution in [0, 0.1) is 0 Å². The number of nitrogens with zero attached hydrogens (tertiary/aromatic N) is 2. The van der Waals surface area contributed by atoms with Gasteiger partial charge in [-0.1, -0.05) is 6.08 Å². The van der Waals surface area contributed by atoms with Gasteiger partial charge < -0.3 is 25.5 Å². The molecule has 1 aromatic heterocycles. The second kappa shape index (κ2) is 7.93. The summed E-state index contributed by atoms with van der Waals surface area (Å²) in [6.45, 7) is -0.887. The smallest absolute Gasteiger partial charge is 0.103 e. The third-order valence-corrected chi connectivity index (χ3v) is 2.45. The molecule has 1 heterocycles. The molecule has 0 radical (unpaired) electrons. The van der Waals surface area contributed by atoms with Gasteiger partial charge in [0.25, 0.3) is 0 Å².